The summed E-state index contributed by atoms with van der Waals surface area (Å²) >= 11 is 3.38. The van der Waals surface area contributed by atoms with Crippen LogP contribution in [-0.4, -0.2) is 12.8 Å². The topological polar surface area (TPSA) is 50.4 Å². The van der Waals surface area contributed by atoms with Crippen molar-refractivity contribution in [1.29, 1.82) is 0 Å². The van der Waals surface area contributed by atoms with E-state index < -0.39 is 0 Å². The van der Waals surface area contributed by atoms with Crippen molar-refractivity contribution >= 4 is 22.0 Å². The maximum absolute atomic E-state index is 11.7. The third kappa shape index (κ3) is 5.07. The Kier molecular flexibility index (Phi) is 5.83. The minimum absolute atomic E-state index is 0.134. The van der Waals surface area contributed by atoms with Gasteiger partial charge in [0.15, 0.2) is 6.73 Å². The molecule has 0 fully saturated rings. The highest BCUT2D eigenvalue weighted by atomic mass is 79.9. The minimum Gasteiger partial charge on any atom is -0.473 e. The van der Waals surface area contributed by atoms with Crippen molar-refractivity contribution in [2.75, 3.05) is 6.73 Å². The van der Waals surface area contributed by atoms with E-state index >= 15 is 0 Å². The number of rotatable bonds is 5. The van der Waals surface area contributed by atoms with Crippen LogP contribution in [0.3, 0.4) is 0 Å². The number of aryl methyl sites for hydroxylation is 2. The SMILES string of the molecule is Cc1ccc(OCNC(=O)NCc2ccc(Br)cc2)cc1C. The van der Waals surface area contributed by atoms with E-state index in [0.717, 1.165) is 21.3 Å². The van der Waals surface area contributed by atoms with Crippen LogP contribution in [0.4, 0.5) is 4.79 Å². The molecule has 0 saturated heterocycles. The number of halogens is 1. The lowest BCUT2D eigenvalue weighted by molar-refractivity contribution is 0.223. The van der Waals surface area contributed by atoms with Crippen molar-refractivity contribution < 1.29 is 9.53 Å². The summed E-state index contributed by atoms with van der Waals surface area (Å²) in [4.78, 5) is 11.7. The summed E-state index contributed by atoms with van der Waals surface area (Å²) in [6.45, 7) is 4.69. The Hall–Kier alpha value is -2.01. The molecular weight excluding hydrogens is 344 g/mol. The number of carbonyl (C=O) groups is 1. The first-order valence-corrected chi connectivity index (χ1v) is 7.80. The number of ether oxygens (including phenoxy) is 1. The summed E-state index contributed by atoms with van der Waals surface area (Å²) in [6, 6.07) is 13.4. The van der Waals surface area contributed by atoms with E-state index in [4.69, 9.17) is 4.74 Å². The highest BCUT2D eigenvalue weighted by Crippen LogP contribution is 2.15. The molecule has 4 nitrogen and oxygen atoms in total. The van der Waals surface area contributed by atoms with E-state index in [1.807, 2.05) is 56.3 Å². The molecule has 22 heavy (non-hydrogen) atoms. The average Bonchev–Trinajstić information content (AvgIpc) is 2.50. The molecule has 2 aromatic carbocycles. The summed E-state index contributed by atoms with van der Waals surface area (Å²) in [5.41, 5.74) is 3.41. The van der Waals surface area contributed by atoms with E-state index in [-0.39, 0.29) is 12.8 Å². The predicted molar refractivity (Wildman–Crippen MR) is 90.9 cm³/mol. The second kappa shape index (κ2) is 7.84. The summed E-state index contributed by atoms with van der Waals surface area (Å²) in [7, 11) is 0. The zero-order chi connectivity index (χ0) is 15.9. The van der Waals surface area contributed by atoms with Crippen LogP contribution >= 0.6 is 15.9 Å². The van der Waals surface area contributed by atoms with Gasteiger partial charge < -0.3 is 15.4 Å². The van der Waals surface area contributed by atoms with Crippen LogP contribution in [0.5, 0.6) is 5.75 Å². The number of hydrogen-bond donors (Lipinski definition) is 2. The van der Waals surface area contributed by atoms with E-state index in [2.05, 4.69) is 26.6 Å². The van der Waals surface area contributed by atoms with Gasteiger partial charge in [-0.2, -0.15) is 0 Å². The molecule has 0 spiro atoms. The zero-order valence-corrected chi connectivity index (χ0v) is 14.2. The number of benzene rings is 2. The molecule has 5 heteroatoms. The number of amides is 2. The monoisotopic (exact) mass is 362 g/mol. The lowest BCUT2D eigenvalue weighted by atomic mass is 10.1. The van der Waals surface area contributed by atoms with Crippen LogP contribution in [0.25, 0.3) is 0 Å². The van der Waals surface area contributed by atoms with Crippen molar-refractivity contribution in [1.82, 2.24) is 10.6 Å². The lowest BCUT2D eigenvalue weighted by Gasteiger charge is -2.10. The molecule has 0 saturated carbocycles. The summed E-state index contributed by atoms with van der Waals surface area (Å²) < 4.78 is 6.52. The van der Waals surface area contributed by atoms with Crippen LogP contribution in [0.1, 0.15) is 16.7 Å². The number of urea groups is 1. The van der Waals surface area contributed by atoms with E-state index in [9.17, 15) is 4.79 Å². The van der Waals surface area contributed by atoms with E-state index in [1.165, 1.54) is 5.56 Å². The Labute approximate surface area is 139 Å². The van der Waals surface area contributed by atoms with Gasteiger partial charge in [-0.15, -0.1) is 0 Å². The van der Waals surface area contributed by atoms with Gasteiger partial charge >= 0.3 is 6.03 Å². The Morgan fingerprint density at radius 3 is 2.45 bits per heavy atom. The van der Waals surface area contributed by atoms with Crippen molar-refractivity contribution in [2.45, 2.75) is 20.4 Å². The molecule has 2 amide bonds. The van der Waals surface area contributed by atoms with Crippen molar-refractivity contribution in [3.8, 4) is 5.75 Å². The molecule has 2 rings (SSSR count). The number of nitrogens with one attached hydrogen (secondary N) is 2. The van der Waals surface area contributed by atoms with Crippen LogP contribution in [0.15, 0.2) is 46.9 Å². The smallest absolute Gasteiger partial charge is 0.317 e. The van der Waals surface area contributed by atoms with Crippen LogP contribution in [0.2, 0.25) is 0 Å². The third-order valence-electron chi connectivity index (χ3n) is 3.32. The molecule has 0 aliphatic heterocycles. The molecule has 116 valence electrons. The number of carbonyl (C=O) groups excluding carboxylic acids is 1. The summed E-state index contributed by atoms with van der Waals surface area (Å²) in [6.07, 6.45) is 0. The molecule has 2 N–H and O–H groups in total. The molecule has 0 bridgehead atoms. The summed E-state index contributed by atoms with van der Waals surface area (Å²) in [5.74, 6) is 0.747. The lowest BCUT2D eigenvalue weighted by Crippen LogP contribution is -2.37. The second-order valence-electron chi connectivity index (χ2n) is 5.02. The van der Waals surface area contributed by atoms with Gasteiger partial charge in [-0.1, -0.05) is 34.1 Å². The van der Waals surface area contributed by atoms with Crippen LogP contribution < -0.4 is 15.4 Å². The fourth-order valence-electron chi connectivity index (χ4n) is 1.84. The third-order valence-corrected chi connectivity index (χ3v) is 3.84. The highest BCUT2D eigenvalue weighted by molar-refractivity contribution is 9.10. The molecule has 0 aliphatic rings. The predicted octanol–water partition coefficient (Wildman–Crippen LogP) is 3.90. The van der Waals surface area contributed by atoms with Gasteiger partial charge in [0.05, 0.1) is 0 Å². The molecule has 0 radical (unpaired) electrons. The Balaban J connectivity index is 1.71. The second-order valence-corrected chi connectivity index (χ2v) is 5.94. The first-order valence-electron chi connectivity index (χ1n) is 7.01. The Morgan fingerprint density at radius 1 is 1.05 bits per heavy atom. The average molecular weight is 363 g/mol. The van der Waals surface area contributed by atoms with Crippen LogP contribution in [0, 0.1) is 13.8 Å². The van der Waals surface area contributed by atoms with Gasteiger partial charge in [-0.05, 0) is 54.8 Å². The highest BCUT2D eigenvalue weighted by Gasteiger charge is 2.01. The fourth-order valence-corrected chi connectivity index (χ4v) is 2.10. The first kappa shape index (κ1) is 16.4. The van der Waals surface area contributed by atoms with E-state index in [1.54, 1.807) is 0 Å². The molecule has 0 aromatic heterocycles. The molecule has 0 heterocycles. The fraction of sp³-hybridized carbons (Fsp3) is 0.235. The van der Waals surface area contributed by atoms with Gasteiger partial charge in [0, 0.05) is 11.0 Å². The van der Waals surface area contributed by atoms with Crippen molar-refractivity contribution in [3.05, 3.63) is 63.6 Å². The van der Waals surface area contributed by atoms with E-state index in [0.29, 0.717) is 6.54 Å². The van der Waals surface area contributed by atoms with Gasteiger partial charge in [0.2, 0.25) is 0 Å². The van der Waals surface area contributed by atoms with Gasteiger partial charge in [-0.25, -0.2) is 4.79 Å². The first-order chi connectivity index (χ1) is 10.5. The minimum atomic E-state index is -0.258. The van der Waals surface area contributed by atoms with Gasteiger partial charge in [-0.3, -0.25) is 0 Å². The number of hydrogen-bond acceptors (Lipinski definition) is 2. The largest absolute Gasteiger partial charge is 0.473 e. The van der Waals surface area contributed by atoms with Gasteiger partial charge in [0.1, 0.15) is 5.75 Å². The standard InChI is InChI=1S/C17H19BrN2O2/c1-12-3-8-16(9-13(12)2)22-11-20-17(21)19-10-14-4-6-15(18)7-5-14/h3-9H,10-11H2,1-2H3,(H2,19,20,21). The molecule has 0 atom stereocenters. The zero-order valence-electron chi connectivity index (χ0n) is 12.7. The molecular formula is C17H19BrN2O2. The van der Waals surface area contributed by atoms with Gasteiger partial charge in [0.25, 0.3) is 0 Å². The molecule has 0 unspecified atom stereocenters. The molecule has 2 aromatic rings. The van der Waals surface area contributed by atoms with Crippen LogP contribution in [-0.2, 0) is 6.54 Å². The molecule has 0 aliphatic carbocycles. The maximum atomic E-state index is 11.7. The van der Waals surface area contributed by atoms with Crippen molar-refractivity contribution in [3.63, 3.8) is 0 Å². The Bertz CT molecular complexity index is 642. The Morgan fingerprint density at radius 2 is 1.77 bits per heavy atom. The van der Waals surface area contributed by atoms with Crippen molar-refractivity contribution in [2.24, 2.45) is 0 Å². The maximum Gasteiger partial charge on any atom is 0.317 e. The summed E-state index contributed by atoms with van der Waals surface area (Å²) in [5, 5.41) is 5.45. The normalized spacial score (nSPS) is 10.1. The quantitative estimate of drug-likeness (QED) is 0.792.